The first-order valence-corrected chi connectivity index (χ1v) is 8.04. The molecule has 0 spiro atoms. The second-order valence-electron chi connectivity index (χ2n) is 6.11. The number of carbonyl (C=O) groups excluding carboxylic acids is 1. The van der Waals surface area contributed by atoms with Crippen LogP contribution in [0, 0.1) is 19.8 Å². The van der Waals surface area contributed by atoms with E-state index < -0.39 is 0 Å². The van der Waals surface area contributed by atoms with Gasteiger partial charge >= 0.3 is 0 Å². The van der Waals surface area contributed by atoms with Crippen LogP contribution in [0.5, 0.6) is 0 Å². The van der Waals surface area contributed by atoms with Gasteiger partial charge in [0.2, 0.25) is 5.91 Å². The van der Waals surface area contributed by atoms with E-state index in [-0.39, 0.29) is 11.8 Å². The monoisotopic (exact) mass is 313 g/mol. The highest BCUT2D eigenvalue weighted by molar-refractivity contribution is 5.79. The Hall–Kier alpha value is -2.37. The molecule has 3 heterocycles. The second-order valence-corrected chi connectivity index (χ2v) is 6.11. The highest BCUT2D eigenvalue weighted by atomic mass is 16.1. The largest absolute Gasteiger partial charge is 0.359 e. The van der Waals surface area contributed by atoms with Crippen molar-refractivity contribution < 1.29 is 4.79 Å². The Morgan fingerprint density at radius 2 is 2.17 bits per heavy atom. The van der Waals surface area contributed by atoms with Crippen LogP contribution in [0.2, 0.25) is 0 Å². The van der Waals surface area contributed by atoms with Crippen LogP contribution in [0.3, 0.4) is 0 Å². The smallest absolute Gasteiger partial charge is 0.224 e. The lowest BCUT2D eigenvalue weighted by Gasteiger charge is -2.32. The Balaban J connectivity index is 1.77. The number of hydrogen-bond donors (Lipinski definition) is 1. The molecule has 3 rings (SSSR count). The fourth-order valence-electron chi connectivity index (χ4n) is 3.18. The molecular weight excluding hydrogens is 290 g/mol. The first kappa shape index (κ1) is 15.5. The fourth-order valence-corrected chi connectivity index (χ4v) is 3.18. The minimum atomic E-state index is 0.0474. The van der Waals surface area contributed by atoms with E-state index in [9.17, 15) is 4.79 Å². The van der Waals surface area contributed by atoms with Gasteiger partial charge in [0.25, 0.3) is 0 Å². The molecule has 1 atom stereocenters. The number of anilines is 1. The molecular formula is C17H23N5O. The molecule has 0 aliphatic carbocycles. The average molecular weight is 313 g/mol. The Bertz CT molecular complexity index is 692. The first-order chi connectivity index (χ1) is 11.1. The molecule has 6 nitrogen and oxygen atoms in total. The zero-order chi connectivity index (χ0) is 16.4. The van der Waals surface area contributed by atoms with Crippen LogP contribution in [-0.4, -0.2) is 40.8 Å². The summed E-state index contributed by atoms with van der Waals surface area (Å²) >= 11 is 0. The molecule has 23 heavy (non-hydrogen) atoms. The van der Waals surface area contributed by atoms with E-state index in [0.717, 1.165) is 48.8 Å². The number of nitrogens with one attached hydrogen (secondary N) is 1. The number of rotatable bonds is 3. The van der Waals surface area contributed by atoms with Crippen LogP contribution >= 0.6 is 0 Å². The zero-order valence-corrected chi connectivity index (χ0v) is 13.9. The predicted octanol–water partition coefficient (Wildman–Crippen LogP) is 1.85. The Kier molecular flexibility index (Phi) is 4.32. The van der Waals surface area contributed by atoms with Gasteiger partial charge in [-0.3, -0.25) is 4.79 Å². The summed E-state index contributed by atoms with van der Waals surface area (Å²) in [5, 5.41) is 7.23. The molecule has 0 saturated carbocycles. The van der Waals surface area contributed by atoms with Crippen LogP contribution in [0.25, 0.3) is 5.69 Å². The molecule has 1 unspecified atom stereocenters. The zero-order valence-electron chi connectivity index (χ0n) is 13.9. The van der Waals surface area contributed by atoms with Gasteiger partial charge in [0.15, 0.2) is 0 Å². The molecule has 1 aliphatic rings. The highest BCUT2D eigenvalue weighted by Gasteiger charge is 2.25. The maximum Gasteiger partial charge on any atom is 0.224 e. The molecule has 6 heteroatoms. The third-order valence-corrected chi connectivity index (χ3v) is 4.35. The quantitative estimate of drug-likeness (QED) is 0.939. The van der Waals surface area contributed by atoms with Crippen molar-refractivity contribution >= 4 is 11.7 Å². The lowest BCUT2D eigenvalue weighted by molar-refractivity contribution is -0.124. The minimum Gasteiger partial charge on any atom is -0.359 e. The second kappa shape index (κ2) is 6.40. The number of aromatic nitrogens is 3. The normalized spacial score (nSPS) is 18.0. The van der Waals surface area contributed by atoms with Crippen molar-refractivity contribution in [1.29, 1.82) is 0 Å². The third kappa shape index (κ3) is 3.21. The molecule has 2 aromatic heterocycles. The standard InChI is InChI=1S/C17H23N5O/c1-12-9-13(2)22(20-12)15-6-7-16(19-10-15)21-8-4-5-14(11-21)17(23)18-3/h6-7,9-10,14H,4-5,8,11H2,1-3H3,(H,18,23). The van der Waals surface area contributed by atoms with Crippen LogP contribution < -0.4 is 10.2 Å². The third-order valence-electron chi connectivity index (χ3n) is 4.35. The van der Waals surface area contributed by atoms with Crippen LogP contribution in [0.15, 0.2) is 24.4 Å². The van der Waals surface area contributed by atoms with E-state index in [1.54, 1.807) is 7.05 Å². The lowest BCUT2D eigenvalue weighted by atomic mass is 9.97. The summed E-state index contributed by atoms with van der Waals surface area (Å²) in [6.45, 7) is 5.69. The van der Waals surface area contributed by atoms with E-state index >= 15 is 0 Å². The van der Waals surface area contributed by atoms with E-state index in [4.69, 9.17) is 0 Å². The van der Waals surface area contributed by atoms with Crippen molar-refractivity contribution in [2.75, 3.05) is 25.0 Å². The van der Waals surface area contributed by atoms with Crippen molar-refractivity contribution in [2.45, 2.75) is 26.7 Å². The Morgan fingerprint density at radius 1 is 1.35 bits per heavy atom. The number of carbonyl (C=O) groups is 1. The minimum absolute atomic E-state index is 0.0474. The van der Waals surface area contributed by atoms with Crippen LogP contribution in [0.4, 0.5) is 5.82 Å². The highest BCUT2D eigenvalue weighted by Crippen LogP contribution is 2.22. The summed E-state index contributed by atoms with van der Waals surface area (Å²) < 4.78 is 1.90. The SMILES string of the molecule is CNC(=O)C1CCCN(c2ccc(-n3nc(C)cc3C)cn2)C1. The Labute approximate surface area is 136 Å². The molecule has 1 aliphatic heterocycles. The van der Waals surface area contributed by atoms with E-state index in [0.29, 0.717) is 0 Å². The van der Waals surface area contributed by atoms with Gasteiger partial charge in [0.05, 0.1) is 23.5 Å². The van der Waals surface area contributed by atoms with Gasteiger partial charge in [-0.25, -0.2) is 9.67 Å². The van der Waals surface area contributed by atoms with Crippen molar-refractivity contribution in [3.05, 3.63) is 35.8 Å². The maximum atomic E-state index is 11.9. The van der Waals surface area contributed by atoms with Gasteiger partial charge in [-0.05, 0) is 44.9 Å². The van der Waals surface area contributed by atoms with E-state index in [1.807, 2.05) is 42.9 Å². The average Bonchev–Trinajstić information content (AvgIpc) is 2.93. The molecule has 1 amide bonds. The van der Waals surface area contributed by atoms with Gasteiger partial charge in [-0.1, -0.05) is 0 Å². The molecule has 2 aromatic rings. The van der Waals surface area contributed by atoms with Crippen molar-refractivity contribution in [3.8, 4) is 5.69 Å². The summed E-state index contributed by atoms with van der Waals surface area (Å²) in [6, 6.07) is 6.09. The van der Waals surface area contributed by atoms with Crippen molar-refractivity contribution in [2.24, 2.45) is 5.92 Å². The summed E-state index contributed by atoms with van der Waals surface area (Å²) in [4.78, 5) is 18.6. The van der Waals surface area contributed by atoms with Crippen LogP contribution in [-0.2, 0) is 4.79 Å². The molecule has 1 fully saturated rings. The van der Waals surface area contributed by atoms with Crippen LogP contribution in [0.1, 0.15) is 24.2 Å². The topological polar surface area (TPSA) is 63.1 Å². The van der Waals surface area contributed by atoms with E-state index in [1.165, 1.54) is 0 Å². The number of nitrogens with zero attached hydrogens (tertiary/aromatic N) is 4. The molecule has 0 radical (unpaired) electrons. The number of amides is 1. The summed E-state index contributed by atoms with van der Waals surface area (Å²) in [5.74, 6) is 1.09. The first-order valence-electron chi connectivity index (χ1n) is 8.04. The summed E-state index contributed by atoms with van der Waals surface area (Å²) in [5.41, 5.74) is 3.05. The van der Waals surface area contributed by atoms with E-state index in [2.05, 4.69) is 20.3 Å². The van der Waals surface area contributed by atoms with Gasteiger partial charge < -0.3 is 10.2 Å². The van der Waals surface area contributed by atoms with Crippen molar-refractivity contribution in [1.82, 2.24) is 20.1 Å². The molecule has 1 saturated heterocycles. The number of piperidine rings is 1. The number of pyridine rings is 1. The maximum absolute atomic E-state index is 11.9. The predicted molar refractivity (Wildman–Crippen MR) is 89.8 cm³/mol. The summed E-state index contributed by atoms with van der Waals surface area (Å²) in [7, 11) is 1.70. The molecule has 122 valence electrons. The van der Waals surface area contributed by atoms with Gasteiger partial charge in [0.1, 0.15) is 5.82 Å². The fraction of sp³-hybridized carbons (Fsp3) is 0.471. The van der Waals surface area contributed by atoms with Gasteiger partial charge in [-0.2, -0.15) is 5.10 Å². The molecule has 0 aromatic carbocycles. The Morgan fingerprint density at radius 3 is 2.78 bits per heavy atom. The number of hydrogen-bond acceptors (Lipinski definition) is 4. The lowest BCUT2D eigenvalue weighted by Crippen LogP contribution is -2.42. The van der Waals surface area contributed by atoms with Gasteiger partial charge in [-0.15, -0.1) is 0 Å². The van der Waals surface area contributed by atoms with Crippen molar-refractivity contribution in [3.63, 3.8) is 0 Å². The molecule has 0 bridgehead atoms. The number of aryl methyl sites for hydroxylation is 2. The summed E-state index contributed by atoms with van der Waals surface area (Å²) in [6.07, 6.45) is 3.80. The molecule has 1 N–H and O–H groups in total. The van der Waals surface area contributed by atoms with Gasteiger partial charge in [0, 0.05) is 25.8 Å².